The van der Waals surface area contributed by atoms with Gasteiger partial charge in [0.25, 0.3) is 0 Å². The highest BCUT2D eigenvalue weighted by molar-refractivity contribution is 5.80. The Kier molecular flexibility index (Phi) is 7.25. The smallest absolute Gasteiger partial charge is 0.213 e. The number of piperazine rings is 1. The number of nitrogens with zero attached hydrogens (tertiary/aromatic N) is 5. The third-order valence-electron chi connectivity index (χ3n) is 4.45. The number of nitrogens with one attached hydrogen (secondary N) is 1. The fourth-order valence-electron chi connectivity index (χ4n) is 3.07. The first kappa shape index (κ1) is 20.1. The molecule has 0 bridgehead atoms. The van der Waals surface area contributed by atoms with Gasteiger partial charge in [0.1, 0.15) is 6.26 Å². The highest BCUT2D eigenvalue weighted by Crippen LogP contribution is 2.11. The third kappa shape index (κ3) is 5.95. The van der Waals surface area contributed by atoms with E-state index in [0.717, 1.165) is 56.5 Å². The monoisotopic (exact) mass is 386 g/mol. The topological polar surface area (TPSA) is 79.0 Å². The number of hydrogen-bond donors (Lipinski definition) is 1. The second-order valence-corrected chi connectivity index (χ2v) is 7.10. The van der Waals surface area contributed by atoms with Crippen molar-refractivity contribution in [2.45, 2.75) is 40.0 Å². The average molecular weight is 387 g/mol. The Bertz CT molecular complexity index is 722. The summed E-state index contributed by atoms with van der Waals surface area (Å²) in [5.74, 6) is 1.60. The van der Waals surface area contributed by atoms with E-state index in [1.54, 1.807) is 6.26 Å². The van der Waals surface area contributed by atoms with Crippen LogP contribution in [0.2, 0.25) is 0 Å². The predicted octanol–water partition coefficient (Wildman–Crippen LogP) is 2.14. The summed E-state index contributed by atoms with van der Waals surface area (Å²) in [4.78, 5) is 13.9. The minimum absolute atomic E-state index is 0.125. The van der Waals surface area contributed by atoms with E-state index < -0.39 is 0 Å². The largest absolute Gasteiger partial charge is 0.475 e. The maximum absolute atomic E-state index is 5.59. The summed E-state index contributed by atoms with van der Waals surface area (Å²) in [6, 6.07) is 5.84. The Hall–Kier alpha value is -2.61. The van der Waals surface area contributed by atoms with Crippen molar-refractivity contribution in [1.82, 2.24) is 25.3 Å². The van der Waals surface area contributed by atoms with Crippen LogP contribution in [0.3, 0.4) is 0 Å². The van der Waals surface area contributed by atoms with Crippen LogP contribution in [0, 0.1) is 0 Å². The Morgan fingerprint density at radius 1 is 1.25 bits per heavy atom. The van der Waals surface area contributed by atoms with Crippen LogP contribution in [-0.4, -0.2) is 64.7 Å². The summed E-state index contributed by atoms with van der Waals surface area (Å²) in [5.41, 5.74) is 2.04. The van der Waals surface area contributed by atoms with Gasteiger partial charge in [-0.05, 0) is 26.3 Å². The zero-order valence-electron chi connectivity index (χ0n) is 17.0. The Morgan fingerprint density at radius 2 is 2.07 bits per heavy atom. The number of guanidine groups is 1. The quantitative estimate of drug-likeness (QED) is 0.577. The standard InChI is InChI=1S/C20H30N6O2/c1-4-21-20(23-14-17-5-6-19(22-13-17)28-16(2)3)26-10-8-25(9-11-26)15-18-7-12-27-24-18/h5-7,12-13,16H,4,8-11,14-15H2,1-3H3,(H,21,23). The summed E-state index contributed by atoms with van der Waals surface area (Å²) in [6.45, 7) is 12.2. The molecule has 0 radical (unpaired) electrons. The molecule has 0 saturated carbocycles. The van der Waals surface area contributed by atoms with Gasteiger partial charge in [-0.25, -0.2) is 9.98 Å². The van der Waals surface area contributed by atoms with Crippen LogP contribution in [0.25, 0.3) is 0 Å². The molecule has 0 aliphatic carbocycles. The van der Waals surface area contributed by atoms with Crippen LogP contribution in [-0.2, 0) is 13.1 Å². The first-order valence-corrected chi connectivity index (χ1v) is 9.90. The van der Waals surface area contributed by atoms with Gasteiger partial charge in [-0.15, -0.1) is 0 Å². The number of aromatic nitrogens is 2. The highest BCUT2D eigenvalue weighted by atomic mass is 16.5. The molecule has 1 aliphatic heterocycles. The van der Waals surface area contributed by atoms with Crippen LogP contribution in [0.4, 0.5) is 0 Å². The van der Waals surface area contributed by atoms with E-state index >= 15 is 0 Å². The molecular weight excluding hydrogens is 356 g/mol. The van der Waals surface area contributed by atoms with Crippen molar-refractivity contribution >= 4 is 5.96 Å². The molecule has 1 aliphatic rings. The number of ether oxygens (including phenoxy) is 1. The van der Waals surface area contributed by atoms with Gasteiger partial charge in [-0.2, -0.15) is 0 Å². The molecule has 0 atom stereocenters. The van der Waals surface area contributed by atoms with Gasteiger partial charge in [0.15, 0.2) is 5.96 Å². The molecule has 3 heterocycles. The van der Waals surface area contributed by atoms with E-state index in [9.17, 15) is 0 Å². The molecule has 2 aromatic rings. The summed E-state index contributed by atoms with van der Waals surface area (Å²) in [5, 5.41) is 7.40. The molecule has 3 rings (SSSR count). The highest BCUT2D eigenvalue weighted by Gasteiger charge is 2.20. The van der Waals surface area contributed by atoms with Gasteiger partial charge in [0.05, 0.1) is 18.3 Å². The molecular formula is C20H30N6O2. The molecule has 8 heteroatoms. The number of pyridine rings is 1. The van der Waals surface area contributed by atoms with Crippen LogP contribution in [0.15, 0.2) is 40.2 Å². The predicted molar refractivity (Wildman–Crippen MR) is 108 cm³/mol. The van der Waals surface area contributed by atoms with Crippen LogP contribution >= 0.6 is 0 Å². The van der Waals surface area contributed by atoms with Crippen LogP contribution in [0.1, 0.15) is 32.0 Å². The molecule has 0 spiro atoms. The number of aliphatic imine (C=N–C) groups is 1. The summed E-state index contributed by atoms with van der Waals surface area (Å²) in [7, 11) is 0. The molecule has 152 valence electrons. The van der Waals surface area contributed by atoms with Gasteiger partial charge >= 0.3 is 0 Å². The van der Waals surface area contributed by atoms with Gasteiger partial charge < -0.3 is 19.5 Å². The zero-order chi connectivity index (χ0) is 19.8. The van der Waals surface area contributed by atoms with Crippen molar-refractivity contribution in [2.75, 3.05) is 32.7 Å². The van der Waals surface area contributed by atoms with Crippen molar-refractivity contribution in [3.05, 3.63) is 41.9 Å². The summed E-state index contributed by atoms with van der Waals surface area (Å²) in [6.07, 6.45) is 3.58. The summed E-state index contributed by atoms with van der Waals surface area (Å²) < 4.78 is 10.5. The van der Waals surface area contributed by atoms with E-state index in [4.69, 9.17) is 14.3 Å². The lowest BCUT2D eigenvalue weighted by molar-refractivity contribution is 0.169. The number of hydrogen-bond acceptors (Lipinski definition) is 6. The minimum Gasteiger partial charge on any atom is -0.475 e. The molecule has 0 unspecified atom stereocenters. The lowest BCUT2D eigenvalue weighted by Gasteiger charge is -2.36. The second kappa shape index (κ2) is 10.1. The van der Waals surface area contributed by atoms with Gasteiger partial charge in [-0.3, -0.25) is 4.90 Å². The lowest BCUT2D eigenvalue weighted by atomic mass is 10.3. The van der Waals surface area contributed by atoms with E-state index in [0.29, 0.717) is 12.4 Å². The maximum atomic E-state index is 5.59. The molecule has 8 nitrogen and oxygen atoms in total. The van der Waals surface area contributed by atoms with Gasteiger partial charge in [0, 0.05) is 57.6 Å². The van der Waals surface area contributed by atoms with Crippen molar-refractivity contribution in [3.8, 4) is 5.88 Å². The molecule has 1 N–H and O–H groups in total. The lowest BCUT2D eigenvalue weighted by Crippen LogP contribution is -2.52. The second-order valence-electron chi connectivity index (χ2n) is 7.10. The Labute approximate surface area is 166 Å². The third-order valence-corrected chi connectivity index (χ3v) is 4.45. The van der Waals surface area contributed by atoms with Crippen molar-refractivity contribution in [2.24, 2.45) is 4.99 Å². The fourth-order valence-corrected chi connectivity index (χ4v) is 3.07. The molecule has 28 heavy (non-hydrogen) atoms. The molecule has 0 aromatic carbocycles. The minimum atomic E-state index is 0.125. The van der Waals surface area contributed by atoms with Crippen molar-refractivity contribution in [1.29, 1.82) is 0 Å². The fraction of sp³-hybridized carbons (Fsp3) is 0.550. The van der Waals surface area contributed by atoms with Gasteiger partial charge in [-0.1, -0.05) is 11.2 Å². The normalized spacial score (nSPS) is 15.9. The van der Waals surface area contributed by atoms with Crippen LogP contribution in [0.5, 0.6) is 5.88 Å². The zero-order valence-corrected chi connectivity index (χ0v) is 17.0. The maximum Gasteiger partial charge on any atom is 0.213 e. The first-order chi connectivity index (χ1) is 13.6. The Morgan fingerprint density at radius 3 is 2.68 bits per heavy atom. The van der Waals surface area contributed by atoms with Crippen LogP contribution < -0.4 is 10.1 Å². The first-order valence-electron chi connectivity index (χ1n) is 9.90. The van der Waals surface area contributed by atoms with Crippen molar-refractivity contribution < 1.29 is 9.26 Å². The summed E-state index contributed by atoms with van der Waals surface area (Å²) >= 11 is 0. The SMILES string of the molecule is CCNC(=NCc1ccc(OC(C)C)nc1)N1CCN(Cc2ccon2)CC1. The average Bonchev–Trinajstić information content (AvgIpc) is 3.20. The number of rotatable bonds is 7. The van der Waals surface area contributed by atoms with Crippen molar-refractivity contribution in [3.63, 3.8) is 0 Å². The molecule has 1 saturated heterocycles. The van der Waals surface area contributed by atoms with E-state index in [1.807, 2.05) is 38.2 Å². The van der Waals surface area contributed by atoms with E-state index in [-0.39, 0.29) is 6.10 Å². The molecule has 0 amide bonds. The van der Waals surface area contributed by atoms with E-state index in [2.05, 4.69) is 32.2 Å². The van der Waals surface area contributed by atoms with Gasteiger partial charge in [0.2, 0.25) is 5.88 Å². The van der Waals surface area contributed by atoms with E-state index in [1.165, 1.54) is 0 Å². The molecule has 2 aromatic heterocycles. The molecule has 1 fully saturated rings. The Balaban J connectivity index is 1.54.